The van der Waals surface area contributed by atoms with Gasteiger partial charge in [-0.3, -0.25) is 9.59 Å². The molecule has 30 heavy (non-hydrogen) atoms. The molecule has 5 nitrogen and oxygen atoms in total. The van der Waals surface area contributed by atoms with Crippen LogP contribution in [0.3, 0.4) is 0 Å². The topological polar surface area (TPSA) is 64.0 Å². The molecule has 3 aromatic carbocycles. The van der Waals surface area contributed by atoms with Gasteiger partial charge in [0.15, 0.2) is 0 Å². The van der Waals surface area contributed by atoms with Crippen molar-refractivity contribution in [3.8, 4) is 0 Å². The first kappa shape index (κ1) is 19.5. The van der Waals surface area contributed by atoms with Crippen LogP contribution in [-0.4, -0.2) is 15.5 Å². The maximum Gasteiger partial charge on any atom is 0.272 e. The molecule has 1 heterocycles. The Labute approximate surface area is 172 Å². The molecule has 0 aliphatic carbocycles. The minimum atomic E-state index is -0.317. The van der Waals surface area contributed by atoms with Gasteiger partial charge in [-0.05, 0) is 48.4 Å². The summed E-state index contributed by atoms with van der Waals surface area (Å²) < 4.78 is 14.7. The number of hydrogen-bond acceptors (Lipinski definition) is 3. The second-order valence-corrected chi connectivity index (χ2v) is 7.09. The van der Waals surface area contributed by atoms with Crippen molar-refractivity contribution < 1.29 is 9.18 Å². The molecule has 0 aliphatic rings. The van der Waals surface area contributed by atoms with Crippen molar-refractivity contribution >= 4 is 16.9 Å². The highest BCUT2D eigenvalue weighted by Crippen LogP contribution is 2.15. The van der Waals surface area contributed by atoms with Crippen molar-refractivity contribution in [2.24, 2.45) is 0 Å². The van der Waals surface area contributed by atoms with Crippen LogP contribution in [0.25, 0.3) is 11.0 Å². The van der Waals surface area contributed by atoms with E-state index >= 15 is 0 Å². The Hall–Kier alpha value is -3.80. The van der Waals surface area contributed by atoms with Crippen LogP contribution in [-0.2, 0) is 13.1 Å². The van der Waals surface area contributed by atoms with Crippen LogP contribution in [0, 0.1) is 12.7 Å². The molecule has 0 fully saturated rings. The van der Waals surface area contributed by atoms with E-state index in [1.54, 1.807) is 41.8 Å². The summed E-state index contributed by atoms with van der Waals surface area (Å²) in [6, 6.07) is 20.8. The molecule has 4 rings (SSSR count). The van der Waals surface area contributed by atoms with Gasteiger partial charge in [0.25, 0.3) is 11.5 Å². The maximum absolute atomic E-state index is 13.0. The molecule has 0 radical (unpaired) electrons. The van der Waals surface area contributed by atoms with Crippen LogP contribution in [0.2, 0.25) is 0 Å². The van der Waals surface area contributed by atoms with E-state index < -0.39 is 0 Å². The molecule has 1 N–H and O–H groups in total. The number of aromatic nitrogens is 2. The minimum Gasteiger partial charge on any atom is -0.348 e. The first-order chi connectivity index (χ1) is 14.5. The quantitative estimate of drug-likeness (QED) is 0.553. The summed E-state index contributed by atoms with van der Waals surface area (Å²) in [7, 11) is 0. The monoisotopic (exact) mass is 401 g/mol. The van der Waals surface area contributed by atoms with E-state index in [9.17, 15) is 14.0 Å². The highest BCUT2D eigenvalue weighted by molar-refractivity contribution is 5.97. The van der Waals surface area contributed by atoms with Gasteiger partial charge in [-0.1, -0.05) is 42.5 Å². The van der Waals surface area contributed by atoms with E-state index in [0.29, 0.717) is 28.8 Å². The number of amides is 1. The van der Waals surface area contributed by atoms with Crippen molar-refractivity contribution in [2.45, 2.75) is 20.0 Å². The van der Waals surface area contributed by atoms with E-state index in [2.05, 4.69) is 10.3 Å². The third-order valence-electron chi connectivity index (χ3n) is 4.92. The molecule has 1 aromatic heterocycles. The highest BCUT2D eigenvalue weighted by atomic mass is 19.1. The number of rotatable bonds is 5. The summed E-state index contributed by atoms with van der Waals surface area (Å²) in [5, 5.41) is 2.82. The third-order valence-corrected chi connectivity index (χ3v) is 4.92. The number of fused-ring (bicyclic) bond motifs is 1. The Morgan fingerprint density at radius 3 is 2.47 bits per heavy atom. The average Bonchev–Trinajstić information content (AvgIpc) is 2.76. The van der Waals surface area contributed by atoms with Crippen molar-refractivity contribution in [1.82, 2.24) is 14.9 Å². The fraction of sp³-hybridized carbons (Fsp3) is 0.125. The standard InChI is InChI=1S/C24H20FN3O2/c1-16-24(30)28(15-18-5-3-2-4-6-18)22-12-9-19(13-21(22)27-16)23(29)26-14-17-7-10-20(25)11-8-17/h2-13H,14-15H2,1H3,(H,26,29). The number of benzene rings is 3. The first-order valence-corrected chi connectivity index (χ1v) is 9.59. The summed E-state index contributed by atoms with van der Waals surface area (Å²) in [5.74, 6) is -0.580. The number of carbonyl (C=O) groups is 1. The summed E-state index contributed by atoms with van der Waals surface area (Å²) in [4.78, 5) is 29.7. The van der Waals surface area contributed by atoms with Crippen molar-refractivity contribution in [2.75, 3.05) is 0 Å². The average molecular weight is 401 g/mol. The van der Waals surface area contributed by atoms with E-state index in [0.717, 1.165) is 11.1 Å². The zero-order chi connectivity index (χ0) is 21.1. The lowest BCUT2D eigenvalue weighted by molar-refractivity contribution is 0.0951. The second kappa shape index (κ2) is 8.29. The lowest BCUT2D eigenvalue weighted by atomic mass is 10.1. The van der Waals surface area contributed by atoms with Crippen LogP contribution < -0.4 is 10.9 Å². The molecule has 4 aromatic rings. The van der Waals surface area contributed by atoms with Crippen LogP contribution in [0.15, 0.2) is 77.6 Å². The summed E-state index contributed by atoms with van der Waals surface area (Å²) in [6.07, 6.45) is 0. The van der Waals surface area contributed by atoms with Crippen LogP contribution in [0.4, 0.5) is 4.39 Å². The Kier molecular flexibility index (Phi) is 5.39. The van der Waals surface area contributed by atoms with Gasteiger partial charge >= 0.3 is 0 Å². The summed E-state index contributed by atoms with van der Waals surface area (Å²) in [5.41, 5.74) is 3.73. The Morgan fingerprint density at radius 2 is 1.73 bits per heavy atom. The first-order valence-electron chi connectivity index (χ1n) is 9.59. The summed E-state index contributed by atoms with van der Waals surface area (Å²) in [6.45, 7) is 2.39. The van der Waals surface area contributed by atoms with Crippen LogP contribution in [0.5, 0.6) is 0 Å². The molecule has 0 saturated carbocycles. The third kappa shape index (κ3) is 4.12. The van der Waals surface area contributed by atoms with Gasteiger partial charge in [-0.25, -0.2) is 9.37 Å². The number of aryl methyl sites for hydroxylation is 1. The fourth-order valence-corrected chi connectivity index (χ4v) is 3.33. The number of nitrogens with zero attached hydrogens (tertiary/aromatic N) is 2. The molecule has 0 aliphatic heterocycles. The number of hydrogen-bond donors (Lipinski definition) is 1. The maximum atomic E-state index is 13.0. The van der Waals surface area contributed by atoms with Gasteiger partial charge in [0.05, 0.1) is 17.6 Å². The molecule has 6 heteroatoms. The Balaban J connectivity index is 1.62. The van der Waals surface area contributed by atoms with Crippen molar-refractivity contribution in [3.63, 3.8) is 0 Å². The second-order valence-electron chi connectivity index (χ2n) is 7.09. The lowest BCUT2D eigenvalue weighted by Crippen LogP contribution is -2.25. The van der Waals surface area contributed by atoms with Crippen molar-refractivity contribution in [1.29, 1.82) is 0 Å². The molecular formula is C24H20FN3O2. The van der Waals surface area contributed by atoms with E-state index in [4.69, 9.17) is 0 Å². The largest absolute Gasteiger partial charge is 0.348 e. The van der Waals surface area contributed by atoms with E-state index in [1.807, 2.05) is 30.3 Å². The highest BCUT2D eigenvalue weighted by Gasteiger charge is 2.12. The zero-order valence-electron chi connectivity index (χ0n) is 16.4. The van der Waals surface area contributed by atoms with Gasteiger partial charge in [0.1, 0.15) is 11.5 Å². The zero-order valence-corrected chi connectivity index (χ0v) is 16.4. The van der Waals surface area contributed by atoms with Crippen LogP contribution in [0.1, 0.15) is 27.2 Å². The fourth-order valence-electron chi connectivity index (χ4n) is 3.33. The summed E-state index contributed by atoms with van der Waals surface area (Å²) >= 11 is 0. The minimum absolute atomic E-state index is 0.153. The smallest absolute Gasteiger partial charge is 0.272 e. The van der Waals surface area contributed by atoms with Gasteiger partial charge < -0.3 is 9.88 Å². The molecule has 150 valence electrons. The van der Waals surface area contributed by atoms with E-state index in [1.165, 1.54) is 12.1 Å². The molecule has 0 spiro atoms. The number of carbonyl (C=O) groups excluding carboxylic acids is 1. The molecule has 1 amide bonds. The van der Waals surface area contributed by atoms with Gasteiger partial charge in [0, 0.05) is 12.1 Å². The van der Waals surface area contributed by atoms with Gasteiger partial charge in [-0.15, -0.1) is 0 Å². The predicted molar refractivity (Wildman–Crippen MR) is 114 cm³/mol. The van der Waals surface area contributed by atoms with Crippen LogP contribution >= 0.6 is 0 Å². The molecule has 0 atom stereocenters. The SMILES string of the molecule is Cc1nc2cc(C(=O)NCc3ccc(F)cc3)ccc2n(Cc2ccccc2)c1=O. The van der Waals surface area contributed by atoms with Crippen molar-refractivity contribution in [3.05, 3.63) is 111 Å². The van der Waals surface area contributed by atoms with Gasteiger partial charge in [0.2, 0.25) is 0 Å². The Bertz CT molecular complexity index is 1270. The number of nitrogens with one attached hydrogen (secondary N) is 1. The van der Waals surface area contributed by atoms with Gasteiger partial charge in [-0.2, -0.15) is 0 Å². The lowest BCUT2D eigenvalue weighted by Gasteiger charge is -2.12. The number of halogens is 1. The molecule has 0 saturated heterocycles. The normalized spacial score (nSPS) is 10.9. The molecular weight excluding hydrogens is 381 g/mol. The predicted octanol–water partition coefficient (Wildman–Crippen LogP) is 3.82. The molecule has 0 bridgehead atoms. The van der Waals surface area contributed by atoms with E-state index in [-0.39, 0.29) is 23.8 Å². The molecule has 0 unspecified atom stereocenters. The Morgan fingerprint density at radius 1 is 1.00 bits per heavy atom.